The van der Waals surface area contributed by atoms with Crippen molar-refractivity contribution in [2.45, 2.75) is 18.9 Å². The number of aliphatic hydroxyl groups is 1. The van der Waals surface area contributed by atoms with Crippen molar-refractivity contribution in [2.75, 3.05) is 13.2 Å². The molecule has 0 saturated carbocycles. The second kappa shape index (κ2) is 5.51. The van der Waals surface area contributed by atoms with Crippen LogP contribution in [-0.4, -0.2) is 35.1 Å². The maximum Gasteiger partial charge on any atom is 0.299 e. The molecule has 1 aromatic rings. The molecule has 1 fully saturated rings. The first-order valence-electron chi connectivity index (χ1n) is 5.80. The number of hydrogen-bond acceptors (Lipinski definition) is 2. The van der Waals surface area contributed by atoms with E-state index in [2.05, 4.69) is 11.8 Å². The number of hydrogen-bond donors (Lipinski definition) is 1. The van der Waals surface area contributed by atoms with E-state index in [9.17, 15) is 4.79 Å². The van der Waals surface area contributed by atoms with Crippen LogP contribution in [0.1, 0.15) is 18.4 Å². The number of carbonyl (C=O) groups excluding carboxylic acids is 1. The van der Waals surface area contributed by atoms with Gasteiger partial charge in [0.15, 0.2) is 0 Å². The van der Waals surface area contributed by atoms with Crippen LogP contribution in [0.15, 0.2) is 30.3 Å². The molecule has 88 valence electrons. The minimum absolute atomic E-state index is 0.0265. The molecule has 0 radical (unpaired) electrons. The first kappa shape index (κ1) is 11.7. The van der Waals surface area contributed by atoms with Crippen molar-refractivity contribution in [3.05, 3.63) is 35.9 Å². The van der Waals surface area contributed by atoms with Gasteiger partial charge in [0.25, 0.3) is 5.91 Å². The van der Waals surface area contributed by atoms with Crippen molar-refractivity contribution >= 4 is 5.91 Å². The molecule has 1 aliphatic heterocycles. The van der Waals surface area contributed by atoms with Gasteiger partial charge in [0.05, 0.1) is 12.6 Å². The van der Waals surface area contributed by atoms with E-state index >= 15 is 0 Å². The molecule has 1 unspecified atom stereocenters. The SMILES string of the molecule is O=C(C#Cc1ccccc1)N1CCCC1CO. The molecule has 1 saturated heterocycles. The molecule has 2 rings (SSSR count). The highest BCUT2D eigenvalue weighted by Gasteiger charge is 2.26. The van der Waals surface area contributed by atoms with E-state index in [4.69, 9.17) is 5.11 Å². The van der Waals surface area contributed by atoms with Crippen LogP contribution in [0.25, 0.3) is 0 Å². The van der Waals surface area contributed by atoms with E-state index < -0.39 is 0 Å². The summed E-state index contributed by atoms with van der Waals surface area (Å²) >= 11 is 0. The fourth-order valence-corrected chi connectivity index (χ4v) is 2.01. The minimum atomic E-state index is -0.189. The van der Waals surface area contributed by atoms with Crippen LogP contribution < -0.4 is 0 Å². The molecule has 0 aromatic heterocycles. The summed E-state index contributed by atoms with van der Waals surface area (Å²) in [6.07, 6.45) is 1.82. The lowest BCUT2D eigenvalue weighted by molar-refractivity contribution is -0.126. The van der Waals surface area contributed by atoms with Gasteiger partial charge in [-0.05, 0) is 25.0 Å². The number of nitrogens with zero attached hydrogens (tertiary/aromatic N) is 1. The summed E-state index contributed by atoms with van der Waals surface area (Å²) in [6.45, 7) is 0.728. The highest BCUT2D eigenvalue weighted by atomic mass is 16.3. The first-order valence-corrected chi connectivity index (χ1v) is 5.80. The third-order valence-electron chi connectivity index (χ3n) is 2.94. The zero-order valence-electron chi connectivity index (χ0n) is 9.60. The average Bonchev–Trinajstić information content (AvgIpc) is 2.85. The van der Waals surface area contributed by atoms with Crippen LogP contribution in [0.3, 0.4) is 0 Å². The predicted molar refractivity (Wildman–Crippen MR) is 65.1 cm³/mol. The third-order valence-corrected chi connectivity index (χ3v) is 2.94. The molecule has 1 amide bonds. The Morgan fingerprint density at radius 3 is 2.88 bits per heavy atom. The second-order valence-electron chi connectivity index (χ2n) is 4.09. The minimum Gasteiger partial charge on any atom is -0.394 e. The molecule has 3 nitrogen and oxygen atoms in total. The molecule has 0 aliphatic carbocycles. The molecule has 1 aliphatic rings. The maximum absolute atomic E-state index is 11.8. The predicted octanol–water partition coefficient (Wildman–Crippen LogP) is 1.02. The molecule has 0 spiro atoms. The molecule has 1 N–H and O–H groups in total. The van der Waals surface area contributed by atoms with Crippen LogP contribution in [-0.2, 0) is 4.79 Å². The molecule has 1 heterocycles. The molecule has 3 heteroatoms. The monoisotopic (exact) mass is 229 g/mol. The largest absolute Gasteiger partial charge is 0.394 e. The van der Waals surface area contributed by atoms with Crippen LogP contribution in [0.4, 0.5) is 0 Å². The number of benzene rings is 1. The number of carbonyl (C=O) groups is 1. The van der Waals surface area contributed by atoms with Crippen molar-refractivity contribution in [1.82, 2.24) is 4.90 Å². The van der Waals surface area contributed by atoms with Gasteiger partial charge in [-0.25, -0.2) is 0 Å². The van der Waals surface area contributed by atoms with Gasteiger partial charge in [-0.15, -0.1) is 0 Å². The van der Waals surface area contributed by atoms with E-state index in [1.165, 1.54) is 0 Å². The summed E-state index contributed by atoms with van der Waals surface area (Å²) in [5.74, 6) is 5.28. The molecule has 17 heavy (non-hydrogen) atoms. The Kier molecular flexibility index (Phi) is 3.79. The maximum atomic E-state index is 11.8. The number of likely N-dealkylation sites (tertiary alicyclic amines) is 1. The second-order valence-corrected chi connectivity index (χ2v) is 4.09. The van der Waals surface area contributed by atoms with Gasteiger partial charge >= 0.3 is 0 Å². The Morgan fingerprint density at radius 2 is 2.18 bits per heavy atom. The van der Waals surface area contributed by atoms with Gasteiger partial charge in [-0.2, -0.15) is 0 Å². The highest BCUT2D eigenvalue weighted by Crippen LogP contribution is 2.16. The van der Waals surface area contributed by atoms with E-state index in [0.29, 0.717) is 6.54 Å². The highest BCUT2D eigenvalue weighted by molar-refractivity contribution is 5.94. The van der Waals surface area contributed by atoms with Gasteiger partial charge < -0.3 is 10.0 Å². The number of rotatable bonds is 1. The van der Waals surface area contributed by atoms with Crippen molar-refractivity contribution in [1.29, 1.82) is 0 Å². The Labute approximate surface area is 101 Å². The normalized spacial score (nSPS) is 18.6. The number of amides is 1. The van der Waals surface area contributed by atoms with Crippen molar-refractivity contribution in [3.8, 4) is 11.8 Å². The lowest BCUT2D eigenvalue weighted by atomic mass is 10.2. The molecular formula is C14H15NO2. The summed E-state index contributed by atoms with van der Waals surface area (Å²) in [6, 6.07) is 9.38. The van der Waals surface area contributed by atoms with Crippen LogP contribution in [0, 0.1) is 11.8 Å². The van der Waals surface area contributed by atoms with Crippen LogP contribution in [0.5, 0.6) is 0 Å². The Hall–Kier alpha value is -1.79. The lowest BCUT2D eigenvalue weighted by Gasteiger charge is -2.19. The van der Waals surface area contributed by atoms with Gasteiger partial charge in [0, 0.05) is 18.0 Å². The zero-order chi connectivity index (χ0) is 12.1. The summed E-state index contributed by atoms with van der Waals surface area (Å²) in [7, 11) is 0. The summed E-state index contributed by atoms with van der Waals surface area (Å²) in [4.78, 5) is 13.5. The van der Waals surface area contributed by atoms with E-state index in [1.54, 1.807) is 4.90 Å². The van der Waals surface area contributed by atoms with Gasteiger partial charge in [0.2, 0.25) is 0 Å². The van der Waals surface area contributed by atoms with Gasteiger partial charge in [-0.3, -0.25) is 4.79 Å². The Bertz CT molecular complexity index is 444. The van der Waals surface area contributed by atoms with Gasteiger partial charge in [-0.1, -0.05) is 24.1 Å². The van der Waals surface area contributed by atoms with Crippen molar-refractivity contribution in [3.63, 3.8) is 0 Å². The van der Waals surface area contributed by atoms with Crippen molar-refractivity contribution in [2.24, 2.45) is 0 Å². The third kappa shape index (κ3) is 2.86. The van der Waals surface area contributed by atoms with E-state index in [1.807, 2.05) is 30.3 Å². The summed E-state index contributed by atoms with van der Waals surface area (Å²) in [5, 5.41) is 9.13. The molecular weight excluding hydrogens is 214 g/mol. The summed E-state index contributed by atoms with van der Waals surface area (Å²) < 4.78 is 0. The average molecular weight is 229 g/mol. The number of aliphatic hydroxyl groups excluding tert-OH is 1. The smallest absolute Gasteiger partial charge is 0.299 e. The van der Waals surface area contributed by atoms with Gasteiger partial charge in [0.1, 0.15) is 0 Å². The Balaban J connectivity index is 2.05. The first-order chi connectivity index (χ1) is 8.31. The van der Waals surface area contributed by atoms with Crippen molar-refractivity contribution < 1.29 is 9.90 Å². The van der Waals surface area contributed by atoms with Crippen LogP contribution >= 0.6 is 0 Å². The molecule has 1 atom stereocenters. The Morgan fingerprint density at radius 1 is 1.41 bits per heavy atom. The molecule has 1 aromatic carbocycles. The fraction of sp³-hybridized carbons (Fsp3) is 0.357. The topological polar surface area (TPSA) is 40.5 Å². The fourth-order valence-electron chi connectivity index (χ4n) is 2.01. The zero-order valence-corrected chi connectivity index (χ0v) is 9.60. The molecule has 0 bridgehead atoms. The van der Waals surface area contributed by atoms with E-state index in [0.717, 1.165) is 18.4 Å². The van der Waals surface area contributed by atoms with Crippen LogP contribution in [0.2, 0.25) is 0 Å². The van der Waals surface area contributed by atoms with E-state index in [-0.39, 0.29) is 18.6 Å². The standard InChI is InChI=1S/C14H15NO2/c16-11-13-7-4-10-15(13)14(17)9-8-12-5-2-1-3-6-12/h1-3,5-6,13,16H,4,7,10-11H2. The quantitative estimate of drug-likeness (QED) is 0.730. The summed E-state index contributed by atoms with van der Waals surface area (Å²) in [5.41, 5.74) is 0.834. The lowest BCUT2D eigenvalue weighted by Crippen LogP contribution is -2.36.